The number of carbonyl (C=O) groups excluding carboxylic acids is 2. The number of rotatable bonds is 4. The first kappa shape index (κ1) is 19.3. The Morgan fingerprint density at radius 2 is 1.74 bits per heavy atom. The highest BCUT2D eigenvalue weighted by Gasteiger charge is 2.28. The molecule has 1 aliphatic heterocycles. The fourth-order valence-electron chi connectivity index (χ4n) is 2.77. The average molecular weight is 454 g/mol. The molecule has 0 aliphatic carbocycles. The van der Waals surface area contributed by atoms with Gasteiger partial charge in [-0.1, -0.05) is 11.3 Å². The number of nitro groups is 1. The van der Waals surface area contributed by atoms with E-state index < -0.39 is 4.92 Å². The molecule has 0 atom stereocenters. The minimum atomic E-state index is -0.510. The van der Waals surface area contributed by atoms with Gasteiger partial charge in [0, 0.05) is 36.7 Å². The number of nitrogens with zero attached hydrogens (tertiary/aromatic N) is 3. The lowest BCUT2D eigenvalue weighted by Gasteiger charge is -2.34. The minimum absolute atomic E-state index is 0.0601. The third-order valence-electron chi connectivity index (χ3n) is 4.24. The summed E-state index contributed by atoms with van der Waals surface area (Å²) in [6, 6.07) is 8.00. The molecule has 1 aromatic carbocycles. The molecule has 1 aliphatic rings. The summed E-state index contributed by atoms with van der Waals surface area (Å²) < 4.78 is 5.85. The second kappa shape index (κ2) is 8.05. The van der Waals surface area contributed by atoms with Crippen molar-refractivity contribution in [3.05, 3.63) is 55.4 Å². The van der Waals surface area contributed by atoms with E-state index in [1.165, 1.54) is 19.2 Å². The van der Waals surface area contributed by atoms with Gasteiger partial charge in [-0.25, -0.2) is 0 Å². The molecule has 0 saturated carbocycles. The Kier molecular flexibility index (Phi) is 5.76. The van der Waals surface area contributed by atoms with Crippen LogP contribution in [-0.4, -0.2) is 59.8 Å². The topological polar surface area (TPSA) is 93.0 Å². The number of piperazine rings is 1. The third-order valence-corrected chi connectivity index (χ3v) is 5.96. The molecule has 1 saturated heterocycles. The van der Waals surface area contributed by atoms with Crippen LogP contribution in [0.1, 0.15) is 20.0 Å². The second-order valence-electron chi connectivity index (χ2n) is 5.83. The van der Waals surface area contributed by atoms with Crippen LogP contribution in [0.5, 0.6) is 5.75 Å². The molecule has 0 spiro atoms. The van der Waals surface area contributed by atoms with Crippen LogP contribution < -0.4 is 4.74 Å². The predicted molar refractivity (Wildman–Crippen MR) is 103 cm³/mol. The van der Waals surface area contributed by atoms with Gasteiger partial charge in [-0.15, -0.1) is 0 Å². The Bertz CT molecular complexity index is 892. The lowest BCUT2D eigenvalue weighted by molar-refractivity contribution is -0.380. The number of benzene rings is 1. The van der Waals surface area contributed by atoms with Crippen LogP contribution in [0, 0.1) is 10.1 Å². The van der Waals surface area contributed by atoms with Crippen molar-refractivity contribution in [1.29, 1.82) is 0 Å². The summed E-state index contributed by atoms with van der Waals surface area (Å²) in [7, 11) is 1.54. The molecule has 0 radical (unpaired) electrons. The number of hydrogen-bond acceptors (Lipinski definition) is 6. The maximum Gasteiger partial charge on any atom is 0.324 e. The molecule has 10 heteroatoms. The maximum absolute atomic E-state index is 12.8. The van der Waals surface area contributed by atoms with Crippen molar-refractivity contribution in [2.24, 2.45) is 0 Å². The van der Waals surface area contributed by atoms with E-state index in [-0.39, 0.29) is 16.8 Å². The number of methoxy groups -OCH3 is 1. The molecular weight excluding hydrogens is 438 g/mol. The van der Waals surface area contributed by atoms with E-state index in [1.54, 1.807) is 28.0 Å². The summed E-state index contributed by atoms with van der Waals surface area (Å²) in [4.78, 5) is 39.2. The summed E-state index contributed by atoms with van der Waals surface area (Å²) in [5.74, 6) is 0.206. The summed E-state index contributed by atoms with van der Waals surface area (Å²) in [6.45, 7) is 1.53. The summed E-state index contributed by atoms with van der Waals surface area (Å²) >= 11 is 4.25. The van der Waals surface area contributed by atoms with Gasteiger partial charge >= 0.3 is 5.00 Å². The van der Waals surface area contributed by atoms with Crippen molar-refractivity contribution in [3.63, 3.8) is 0 Å². The number of hydrogen-bond donors (Lipinski definition) is 0. The number of ether oxygens (including phenoxy) is 1. The van der Waals surface area contributed by atoms with Crippen LogP contribution in [0.4, 0.5) is 5.00 Å². The van der Waals surface area contributed by atoms with Crippen LogP contribution in [0.2, 0.25) is 0 Å². The highest BCUT2D eigenvalue weighted by atomic mass is 79.9. The second-order valence-corrected chi connectivity index (χ2v) is 7.74. The van der Waals surface area contributed by atoms with Gasteiger partial charge in [0.1, 0.15) is 5.75 Å². The van der Waals surface area contributed by atoms with Gasteiger partial charge in [0.05, 0.1) is 22.5 Å². The van der Waals surface area contributed by atoms with Crippen LogP contribution in [0.25, 0.3) is 0 Å². The molecule has 1 aromatic heterocycles. The Balaban J connectivity index is 1.65. The van der Waals surface area contributed by atoms with Gasteiger partial charge in [0.25, 0.3) is 11.8 Å². The highest BCUT2D eigenvalue weighted by molar-refractivity contribution is 9.10. The first-order chi connectivity index (χ1) is 12.9. The van der Waals surface area contributed by atoms with Crippen molar-refractivity contribution in [1.82, 2.24) is 9.80 Å². The smallest absolute Gasteiger partial charge is 0.324 e. The Morgan fingerprint density at radius 3 is 2.30 bits per heavy atom. The standard InChI is InChI=1S/C17H16BrN3O5S/c1-26-11-2-3-13(18)12(10-11)16(22)19-6-8-20(9-7-19)17(23)14-4-5-15(27-14)21(24)25/h2-5,10H,6-9H2,1H3. The van der Waals surface area contributed by atoms with Gasteiger partial charge in [-0.2, -0.15) is 0 Å². The van der Waals surface area contributed by atoms with Gasteiger partial charge in [-0.3, -0.25) is 19.7 Å². The summed E-state index contributed by atoms with van der Waals surface area (Å²) in [5, 5.41) is 10.7. The molecule has 8 nitrogen and oxygen atoms in total. The molecule has 142 valence electrons. The Morgan fingerprint density at radius 1 is 1.11 bits per heavy atom. The number of thiophene rings is 1. The molecule has 0 unspecified atom stereocenters. The lowest BCUT2D eigenvalue weighted by Crippen LogP contribution is -2.50. The Labute approximate surface area is 167 Å². The first-order valence-corrected chi connectivity index (χ1v) is 9.68. The molecule has 2 heterocycles. The maximum atomic E-state index is 12.8. The molecule has 0 bridgehead atoms. The monoisotopic (exact) mass is 453 g/mol. The average Bonchev–Trinajstić information content (AvgIpc) is 3.18. The van der Waals surface area contributed by atoms with E-state index in [4.69, 9.17) is 4.74 Å². The largest absolute Gasteiger partial charge is 0.497 e. The molecule has 27 heavy (non-hydrogen) atoms. The van der Waals surface area contributed by atoms with E-state index in [0.29, 0.717) is 46.8 Å². The molecule has 0 N–H and O–H groups in total. The Hall–Kier alpha value is -2.46. The molecule has 3 rings (SSSR count). The van der Waals surface area contributed by atoms with Crippen LogP contribution in [0.15, 0.2) is 34.8 Å². The van der Waals surface area contributed by atoms with Crippen LogP contribution in [0.3, 0.4) is 0 Å². The molecule has 2 aromatic rings. The lowest BCUT2D eigenvalue weighted by atomic mass is 10.1. The zero-order valence-electron chi connectivity index (χ0n) is 14.4. The SMILES string of the molecule is COc1ccc(Br)c(C(=O)N2CCN(C(=O)c3ccc([N+](=O)[O-])s3)CC2)c1. The van der Waals surface area contributed by atoms with Crippen molar-refractivity contribution in [3.8, 4) is 5.75 Å². The van der Waals surface area contributed by atoms with E-state index in [9.17, 15) is 19.7 Å². The zero-order chi connectivity index (χ0) is 19.6. The predicted octanol–water partition coefficient (Wildman–Crippen LogP) is 3.03. The van der Waals surface area contributed by atoms with Crippen molar-refractivity contribution in [2.45, 2.75) is 0 Å². The van der Waals surface area contributed by atoms with Crippen LogP contribution >= 0.6 is 27.3 Å². The quantitative estimate of drug-likeness (QED) is 0.523. The number of halogens is 1. The fourth-order valence-corrected chi connectivity index (χ4v) is 3.98. The van der Waals surface area contributed by atoms with Gasteiger partial charge in [0.2, 0.25) is 0 Å². The summed E-state index contributed by atoms with van der Waals surface area (Å²) in [6.07, 6.45) is 0. The van der Waals surface area contributed by atoms with Gasteiger partial charge < -0.3 is 14.5 Å². The van der Waals surface area contributed by atoms with Crippen molar-refractivity contribution < 1.29 is 19.2 Å². The van der Waals surface area contributed by atoms with Crippen molar-refractivity contribution in [2.75, 3.05) is 33.3 Å². The fraction of sp³-hybridized carbons (Fsp3) is 0.294. The van der Waals surface area contributed by atoms with Crippen molar-refractivity contribution >= 4 is 44.1 Å². The normalized spacial score (nSPS) is 14.1. The zero-order valence-corrected chi connectivity index (χ0v) is 16.8. The molecule has 1 fully saturated rings. The van der Waals surface area contributed by atoms with E-state index >= 15 is 0 Å². The number of carbonyl (C=O) groups is 2. The van der Waals surface area contributed by atoms with Gasteiger partial charge in [0.15, 0.2) is 0 Å². The highest BCUT2D eigenvalue weighted by Crippen LogP contribution is 2.26. The van der Waals surface area contributed by atoms with E-state index in [1.807, 2.05) is 0 Å². The van der Waals surface area contributed by atoms with Crippen LogP contribution in [-0.2, 0) is 0 Å². The van der Waals surface area contributed by atoms with E-state index in [0.717, 1.165) is 11.3 Å². The first-order valence-electron chi connectivity index (χ1n) is 8.07. The minimum Gasteiger partial charge on any atom is -0.497 e. The number of amides is 2. The third kappa shape index (κ3) is 4.11. The summed E-state index contributed by atoms with van der Waals surface area (Å²) in [5.41, 5.74) is 0.503. The molecule has 2 amide bonds. The van der Waals surface area contributed by atoms with Gasteiger partial charge in [-0.05, 0) is 40.2 Å². The van der Waals surface area contributed by atoms with E-state index in [2.05, 4.69) is 15.9 Å². The molecular formula is C17H16BrN3O5S.